The molecular weight excluding hydrogens is 645 g/mol. The molecule has 9 heteroatoms. The van der Waals surface area contributed by atoms with Gasteiger partial charge in [-0.2, -0.15) is 5.26 Å². The first kappa shape index (κ1) is 30.9. The molecule has 6 aromatic carbocycles. The van der Waals surface area contributed by atoms with Crippen molar-refractivity contribution in [3.05, 3.63) is 161 Å². The Hall–Kier alpha value is -7.41. The highest BCUT2D eigenvalue weighted by Crippen LogP contribution is 2.43. The van der Waals surface area contributed by atoms with E-state index >= 15 is 0 Å². The molecule has 8 rings (SSSR count). The van der Waals surface area contributed by atoms with Crippen LogP contribution in [0, 0.1) is 41.9 Å². The van der Waals surface area contributed by atoms with Crippen molar-refractivity contribution in [2.45, 2.75) is 0 Å². The summed E-state index contributed by atoms with van der Waals surface area (Å²) < 4.78 is 42.3. The summed E-state index contributed by atoms with van der Waals surface area (Å²) in [5.41, 5.74) is 6.72. The van der Waals surface area contributed by atoms with Crippen molar-refractivity contribution in [1.29, 1.82) is 5.26 Å². The van der Waals surface area contributed by atoms with E-state index in [0.717, 1.165) is 17.5 Å². The van der Waals surface area contributed by atoms with Crippen LogP contribution in [0.25, 0.3) is 87.3 Å². The van der Waals surface area contributed by atoms with Gasteiger partial charge in [0.2, 0.25) is 5.69 Å². The van der Waals surface area contributed by atoms with Gasteiger partial charge in [0, 0.05) is 27.3 Å². The molecule has 0 saturated carbocycles. The number of benzene rings is 6. The molecule has 0 amide bonds. The maximum absolute atomic E-state index is 14.2. The predicted octanol–water partition coefficient (Wildman–Crippen LogP) is 11.4. The summed E-state index contributed by atoms with van der Waals surface area (Å²) in [4.78, 5) is 22.7. The molecule has 0 spiro atoms. The first-order valence-corrected chi connectivity index (χ1v) is 15.6. The monoisotopic (exact) mass is 664 g/mol. The highest BCUT2D eigenvalue weighted by molar-refractivity contribution is 6.23. The van der Waals surface area contributed by atoms with Crippen molar-refractivity contribution < 1.29 is 13.2 Å². The van der Waals surface area contributed by atoms with Gasteiger partial charge in [-0.15, -0.1) is 0 Å². The molecule has 238 valence electrons. The molecule has 0 bridgehead atoms. The standard InChI is InChI=1S/C42H19F3N6/c1-47-29-16-14-25(15-17-29)39-40(24-12-10-23(22-46)11-13-24)51-42-36-30-8-3-4-9-34(30)49-38(31(36)21-35(48-2)41(42)50-39)27-7-5-6-26(18-27)28-19-32(43)37(45)33(44)20-28/h3-21H. The van der Waals surface area contributed by atoms with Gasteiger partial charge in [-0.05, 0) is 59.2 Å². The lowest BCUT2D eigenvalue weighted by Gasteiger charge is -2.16. The van der Waals surface area contributed by atoms with E-state index in [9.17, 15) is 18.4 Å². The zero-order chi connectivity index (χ0) is 35.2. The molecule has 6 nitrogen and oxygen atoms in total. The molecule has 0 radical (unpaired) electrons. The van der Waals surface area contributed by atoms with E-state index in [4.69, 9.17) is 28.1 Å². The molecule has 2 heterocycles. The number of hydrogen-bond acceptors (Lipinski definition) is 4. The number of para-hydroxylation sites is 1. The Bertz CT molecular complexity index is 2840. The van der Waals surface area contributed by atoms with Gasteiger partial charge in [-0.25, -0.2) is 32.8 Å². The highest BCUT2D eigenvalue weighted by atomic mass is 19.2. The molecule has 8 aromatic rings. The van der Waals surface area contributed by atoms with Gasteiger partial charge in [0.15, 0.2) is 23.1 Å². The Morgan fingerprint density at radius 2 is 1.20 bits per heavy atom. The van der Waals surface area contributed by atoms with Crippen molar-refractivity contribution in [1.82, 2.24) is 15.0 Å². The molecule has 0 N–H and O–H groups in total. The highest BCUT2D eigenvalue weighted by Gasteiger charge is 2.22. The van der Waals surface area contributed by atoms with Crippen LogP contribution in [0.3, 0.4) is 0 Å². The van der Waals surface area contributed by atoms with Crippen LogP contribution in [0.4, 0.5) is 24.5 Å². The van der Waals surface area contributed by atoms with E-state index in [1.807, 2.05) is 30.3 Å². The zero-order valence-electron chi connectivity index (χ0n) is 26.3. The summed E-state index contributed by atoms with van der Waals surface area (Å²) in [7, 11) is 0. The number of aromatic nitrogens is 3. The fraction of sp³-hybridized carbons (Fsp3) is 0. The second kappa shape index (κ2) is 12.2. The Morgan fingerprint density at radius 1 is 0.549 bits per heavy atom. The third kappa shape index (κ3) is 5.25. The van der Waals surface area contributed by atoms with E-state index in [1.54, 1.807) is 72.8 Å². The van der Waals surface area contributed by atoms with Crippen molar-refractivity contribution >= 4 is 44.1 Å². The summed E-state index contributed by atoms with van der Waals surface area (Å²) in [6.45, 7) is 15.6. The van der Waals surface area contributed by atoms with E-state index in [-0.39, 0.29) is 11.3 Å². The number of nitriles is 1. The molecule has 0 aliphatic rings. The topological polar surface area (TPSA) is 71.2 Å². The largest absolute Gasteiger partial charge is 0.255 e. The Morgan fingerprint density at radius 3 is 1.86 bits per heavy atom. The van der Waals surface area contributed by atoms with Gasteiger partial charge in [0.25, 0.3) is 0 Å². The van der Waals surface area contributed by atoms with Crippen LogP contribution in [-0.4, -0.2) is 15.0 Å². The normalized spacial score (nSPS) is 11.0. The second-order valence-electron chi connectivity index (χ2n) is 11.7. The maximum Gasteiger partial charge on any atom is 0.215 e. The molecular formula is C42H19F3N6. The summed E-state index contributed by atoms with van der Waals surface area (Å²) in [6, 6.07) is 34.2. The van der Waals surface area contributed by atoms with Crippen molar-refractivity contribution in [3.8, 4) is 51.0 Å². The van der Waals surface area contributed by atoms with Crippen LogP contribution in [0.2, 0.25) is 0 Å². The zero-order valence-corrected chi connectivity index (χ0v) is 26.3. The fourth-order valence-corrected chi connectivity index (χ4v) is 6.29. The minimum absolute atomic E-state index is 0.153. The number of pyridine rings is 1. The summed E-state index contributed by atoms with van der Waals surface area (Å²) >= 11 is 0. The number of fused-ring (bicyclic) bond motifs is 5. The average molecular weight is 665 g/mol. The molecule has 2 aromatic heterocycles. The van der Waals surface area contributed by atoms with E-state index in [0.29, 0.717) is 77.9 Å². The Labute approximate surface area is 289 Å². The van der Waals surface area contributed by atoms with Gasteiger partial charge >= 0.3 is 0 Å². The van der Waals surface area contributed by atoms with Crippen LogP contribution in [-0.2, 0) is 0 Å². The summed E-state index contributed by atoms with van der Waals surface area (Å²) in [5, 5.41) is 11.5. The molecule has 0 atom stereocenters. The summed E-state index contributed by atoms with van der Waals surface area (Å²) in [5.74, 6) is -4.13. The number of hydrogen-bond donors (Lipinski definition) is 0. The van der Waals surface area contributed by atoms with Crippen LogP contribution in [0.15, 0.2) is 115 Å². The lowest BCUT2D eigenvalue weighted by Crippen LogP contribution is -1.98. The van der Waals surface area contributed by atoms with E-state index in [1.165, 1.54) is 0 Å². The first-order valence-electron chi connectivity index (χ1n) is 15.6. The first-order chi connectivity index (χ1) is 24.9. The number of nitrogens with zero attached hydrogens (tertiary/aromatic N) is 6. The molecule has 0 aliphatic heterocycles. The van der Waals surface area contributed by atoms with Crippen molar-refractivity contribution in [3.63, 3.8) is 0 Å². The van der Waals surface area contributed by atoms with Crippen LogP contribution in [0.1, 0.15) is 5.56 Å². The fourth-order valence-electron chi connectivity index (χ4n) is 6.29. The van der Waals surface area contributed by atoms with Crippen molar-refractivity contribution in [2.24, 2.45) is 0 Å². The van der Waals surface area contributed by atoms with Crippen LogP contribution < -0.4 is 0 Å². The third-order valence-corrected chi connectivity index (χ3v) is 8.72. The number of halogens is 3. The average Bonchev–Trinajstić information content (AvgIpc) is 3.18. The van der Waals surface area contributed by atoms with Gasteiger partial charge in [-0.3, -0.25) is 4.98 Å². The molecule has 0 unspecified atom stereocenters. The maximum atomic E-state index is 14.2. The van der Waals surface area contributed by atoms with Gasteiger partial charge < -0.3 is 0 Å². The number of rotatable bonds is 4. The van der Waals surface area contributed by atoms with Crippen LogP contribution in [0.5, 0.6) is 0 Å². The lowest BCUT2D eigenvalue weighted by molar-refractivity contribution is 0.448. The SMILES string of the molecule is [C-]#[N+]c1ccc(-c2nc3c([N+]#[C-])cc4c(-c5cccc(-c6cc(F)c(F)c(F)c6)c5)nc5ccccc5c4c3nc2-c2ccc(C#N)cc2)cc1. The molecule has 0 saturated heterocycles. The Kier molecular flexibility index (Phi) is 7.41. The van der Waals surface area contributed by atoms with Crippen LogP contribution >= 0.6 is 0 Å². The van der Waals surface area contributed by atoms with Gasteiger partial charge in [0.05, 0.1) is 58.4 Å². The van der Waals surface area contributed by atoms with Gasteiger partial charge in [0.1, 0.15) is 0 Å². The molecule has 0 fully saturated rings. The minimum atomic E-state index is -1.54. The second-order valence-corrected chi connectivity index (χ2v) is 11.7. The molecule has 0 aliphatic carbocycles. The van der Waals surface area contributed by atoms with E-state index < -0.39 is 17.5 Å². The summed E-state index contributed by atoms with van der Waals surface area (Å²) in [6.07, 6.45) is 0. The van der Waals surface area contributed by atoms with E-state index in [2.05, 4.69) is 15.8 Å². The smallest absolute Gasteiger partial charge is 0.215 e. The van der Waals surface area contributed by atoms with Gasteiger partial charge in [-0.1, -0.05) is 72.8 Å². The quantitative estimate of drug-likeness (QED) is 0.107. The third-order valence-electron chi connectivity index (χ3n) is 8.72. The Balaban J connectivity index is 1.46. The predicted molar refractivity (Wildman–Crippen MR) is 191 cm³/mol. The lowest BCUT2D eigenvalue weighted by atomic mass is 9.95. The van der Waals surface area contributed by atoms with Crippen molar-refractivity contribution in [2.75, 3.05) is 0 Å². The molecule has 51 heavy (non-hydrogen) atoms. The minimum Gasteiger partial charge on any atom is -0.255 e.